The molecule has 6 nitrogen and oxygen atoms in total. The first-order valence-corrected chi connectivity index (χ1v) is 13.5. The lowest BCUT2D eigenvalue weighted by atomic mass is 9.96. The molecular formula is C30H29ClFN5OS. The van der Waals surface area contributed by atoms with E-state index in [1.807, 2.05) is 73.6 Å². The molecule has 39 heavy (non-hydrogen) atoms. The Labute approximate surface area is 237 Å². The summed E-state index contributed by atoms with van der Waals surface area (Å²) in [6.45, 7) is 7.69. The molecule has 1 saturated heterocycles. The van der Waals surface area contributed by atoms with E-state index in [4.69, 9.17) is 23.8 Å². The Balaban J connectivity index is 1.62. The van der Waals surface area contributed by atoms with Gasteiger partial charge < -0.3 is 20.1 Å². The molecule has 1 fully saturated rings. The van der Waals surface area contributed by atoms with Crippen LogP contribution >= 0.6 is 23.8 Å². The molecule has 0 radical (unpaired) electrons. The van der Waals surface area contributed by atoms with Gasteiger partial charge >= 0.3 is 0 Å². The number of pyridine rings is 1. The number of hydrogen-bond donors (Lipinski definition) is 2. The fraction of sp³-hybridized carbons (Fsp3) is 0.233. The van der Waals surface area contributed by atoms with Crippen LogP contribution < -0.4 is 15.5 Å². The van der Waals surface area contributed by atoms with Crippen molar-refractivity contribution in [2.75, 3.05) is 10.2 Å². The number of anilines is 2. The molecule has 2 atom stereocenters. The number of amides is 1. The Morgan fingerprint density at radius 2 is 1.87 bits per heavy atom. The lowest BCUT2D eigenvalue weighted by Gasteiger charge is -2.28. The molecule has 9 heteroatoms. The summed E-state index contributed by atoms with van der Waals surface area (Å²) in [6, 6.07) is 19.5. The first-order valence-electron chi connectivity index (χ1n) is 12.7. The van der Waals surface area contributed by atoms with Gasteiger partial charge in [-0.05, 0) is 86.2 Å². The van der Waals surface area contributed by atoms with E-state index in [1.54, 1.807) is 18.3 Å². The van der Waals surface area contributed by atoms with Gasteiger partial charge in [0.15, 0.2) is 5.11 Å². The summed E-state index contributed by atoms with van der Waals surface area (Å²) in [6.07, 6.45) is 1.76. The molecule has 1 amide bonds. The molecule has 200 valence electrons. The van der Waals surface area contributed by atoms with E-state index in [2.05, 4.69) is 21.7 Å². The van der Waals surface area contributed by atoms with Crippen molar-refractivity contribution in [3.05, 3.63) is 106 Å². The average Bonchev–Trinajstić information content (AvgIpc) is 3.40. The van der Waals surface area contributed by atoms with Crippen molar-refractivity contribution in [1.82, 2.24) is 14.9 Å². The van der Waals surface area contributed by atoms with Gasteiger partial charge in [0.1, 0.15) is 5.82 Å². The number of rotatable bonds is 6. The minimum absolute atomic E-state index is 0.110. The van der Waals surface area contributed by atoms with Crippen molar-refractivity contribution in [2.24, 2.45) is 5.92 Å². The topological polar surface area (TPSA) is 62.2 Å². The lowest BCUT2D eigenvalue weighted by molar-refractivity contribution is -0.118. The fourth-order valence-electron chi connectivity index (χ4n) is 5.08. The van der Waals surface area contributed by atoms with Crippen molar-refractivity contribution in [3.63, 3.8) is 0 Å². The highest BCUT2D eigenvalue weighted by Gasteiger charge is 2.42. The van der Waals surface area contributed by atoms with E-state index < -0.39 is 0 Å². The van der Waals surface area contributed by atoms with Gasteiger partial charge in [0.2, 0.25) is 5.91 Å². The van der Waals surface area contributed by atoms with Gasteiger partial charge in [0.25, 0.3) is 0 Å². The second kappa shape index (κ2) is 10.8. The zero-order valence-corrected chi connectivity index (χ0v) is 23.6. The van der Waals surface area contributed by atoms with Gasteiger partial charge in [-0.15, -0.1) is 0 Å². The van der Waals surface area contributed by atoms with Crippen LogP contribution in [0.3, 0.4) is 0 Å². The minimum atomic E-state index is -0.294. The first-order chi connectivity index (χ1) is 18.7. The molecule has 2 aromatic heterocycles. The molecular weight excluding hydrogens is 533 g/mol. The second-order valence-corrected chi connectivity index (χ2v) is 10.7. The molecule has 0 unspecified atom stereocenters. The number of carbonyl (C=O) groups is 1. The number of halogens is 2. The minimum Gasteiger partial charge on any atom is -0.351 e. The van der Waals surface area contributed by atoms with E-state index in [9.17, 15) is 9.18 Å². The molecule has 0 bridgehead atoms. The molecule has 3 heterocycles. The largest absolute Gasteiger partial charge is 0.351 e. The van der Waals surface area contributed by atoms with Gasteiger partial charge in [-0.3, -0.25) is 9.78 Å². The SMILES string of the molecule is Cc1cc([C@H]2[C@H](c3ccccn3)NC(=S)N2c2ccc(NC(=O)C(C)C)c(Cl)c2)c(C)n1-c1cccc(F)c1. The summed E-state index contributed by atoms with van der Waals surface area (Å²) in [5.74, 6) is -0.577. The zero-order valence-electron chi connectivity index (χ0n) is 22.1. The second-order valence-electron chi connectivity index (χ2n) is 9.95. The molecule has 1 aliphatic heterocycles. The van der Waals surface area contributed by atoms with E-state index in [0.717, 1.165) is 34.0 Å². The van der Waals surface area contributed by atoms with Crippen molar-refractivity contribution in [2.45, 2.75) is 39.8 Å². The Kier molecular flexibility index (Phi) is 7.42. The quantitative estimate of drug-likeness (QED) is 0.247. The first kappa shape index (κ1) is 26.8. The summed E-state index contributed by atoms with van der Waals surface area (Å²) in [5.41, 5.74) is 5.86. The van der Waals surface area contributed by atoms with Crippen LogP contribution in [-0.4, -0.2) is 20.6 Å². The van der Waals surface area contributed by atoms with Gasteiger partial charge in [-0.25, -0.2) is 4.39 Å². The predicted molar refractivity (Wildman–Crippen MR) is 158 cm³/mol. The summed E-state index contributed by atoms with van der Waals surface area (Å²) in [7, 11) is 0. The van der Waals surface area contributed by atoms with E-state index in [-0.39, 0.29) is 29.7 Å². The van der Waals surface area contributed by atoms with Crippen LogP contribution in [0, 0.1) is 25.6 Å². The summed E-state index contributed by atoms with van der Waals surface area (Å²) < 4.78 is 16.2. The maximum Gasteiger partial charge on any atom is 0.226 e. The Hall–Kier alpha value is -3.75. The molecule has 4 aromatic rings. The van der Waals surface area contributed by atoms with Crippen LogP contribution in [-0.2, 0) is 4.79 Å². The number of benzene rings is 2. The Morgan fingerprint density at radius 1 is 1.08 bits per heavy atom. The number of aromatic nitrogens is 2. The third-order valence-corrected chi connectivity index (χ3v) is 7.59. The number of nitrogens with one attached hydrogen (secondary N) is 2. The number of hydrogen-bond acceptors (Lipinski definition) is 3. The van der Waals surface area contributed by atoms with E-state index >= 15 is 0 Å². The van der Waals surface area contributed by atoms with Crippen LogP contribution in [0.15, 0.2) is 72.9 Å². The normalized spacial score (nSPS) is 17.0. The monoisotopic (exact) mass is 561 g/mol. The summed E-state index contributed by atoms with van der Waals surface area (Å²) >= 11 is 12.5. The molecule has 5 rings (SSSR count). The third kappa shape index (κ3) is 5.14. The van der Waals surface area contributed by atoms with Crippen molar-refractivity contribution >= 4 is 46.2 Å². The highest BCUT2D eigenvalue weighted by atomic mass is 35.5. The van der Waals surface area contributed by atoms with Gasteiger partial charge in [0.05, 0.1) is 28.5 Å². The highest BCUT2D eigenvalue weighted by Crippen LogP contribution is 2.44. The van der Waals surface area contributed by atoms with E-state index in [1.165, 1.54) is 12.1 Å². The Morgan fingerprint density at radius 3 is 2.54 bits per heavy atom. The van der Waals surface area contributed by atoms with Crippen LogP contribution in [0.1, 0.15) is 48.6 Å². The van der Waals surface area contributed by atoms with Crippen molar-refractivity contribution in [3.8, 4) is 5.69 Å². The van der Waals surface area contributed by atoms with Gasteiger partial charge in [0, 0.05) is 34.9 Å². The maximum atomic E-state index is 14.1. The highest BCUT2D eigenvalue weighted by molar-refractivity contribution is 7.80. The van der Waals surface area contributed by atoms with Crippen LogP contribution in [0.2, 0.25) is 5.02 Å². The number of carbonyl (C=O) groups excluding carboxylic acids is 1. The number of nitrogens with zero attached hydrogens (tertiary/aromatic N) is 3. The van der Waals surface area contributed by atoms with Gasteiger partial charge in [-0.2, -0.15) is 0 Å². The van der Waals surface area contributed by atoms with Crippen LogP contribution in [0.4, 0.5) is 15.8 Å². The maximum absolute atomic E-state index is 14.1. The van der Waals surface area contributed by atoms with E-state index in [0.29, 0.717) is 15.8 Å². The molecule has 0 aliphatic carbocycles. The predicted octanol–water partition coefficient (Wildman–Crippen LogP) is 7.05. The lowest BCUT2D eigenvalue weighted by Crippen LogP contribution is -2.29. The summed E-state index contributed by atoms with van der Waals surface area (Å²) in [5, 5.41) is 7.28. The third-order valence-electron chi connectivity index (χ3n) is 6.97. The fourth-order valence-corrected chi connectivity index (χ4v) is 5.65. The smallest absolute Gasteiger partial charge is 0.226 e. The molecule has 1 aliphatic rings. The average molecular weight is 562 g/mol. The van der Waals surface area contributed by atoms with Crippen molar-refractivity contribution in [1.29, 1.82) is 0 Å². The van der Waals surface area contributed by atoms with Crippen LogP contribution in [0.5, 0.6) is 0 Å². The van der Waals surface area contributed by atoms with Gasteiger partial charge in [-0.1, -0.05) is 37.6 Å². The molecule has 2 aromatic carbocycles. The molecule has 2 N–H and O–H groups in total. The summed E-state index contributed by atoms with van der Waals surface area (Å²) in [4.78, 5) is 18.9. The zero-order chi connectivity index (χ0) is 27.8. The molecule has 0 spiro atoms. The van der Waals surface area contributed by atoms with Crippen LogP contribution in [0.25, 0.3) is 5.69 Å². The Bertz CT molecular complexity index is 1550. The number of aryl methyl sites for hydroxylation is 1. The standard InChI is InChI=1S/C30H29ClFN5OS/c1-17(2)29(38)34-25-12-11-22(16-24(25)31)37-28(27(35-30(37)39)26-10-5-6-13-33-26)23-14-18(3)36(19(23)4)21-9-7-8-20(32)15-21/h5-17,27-28H,1-4H3,(H,34,38)(H,35,39)/t27-,28-/m0/s1. The van der Waals surface area contributed by atoms with Crippen molar-refractivity contribution < 1.29 is 9.18 Å². The molecule has 0 saturated carbocycles. The number of thiocarbonyl (C=S) groups is 1.